The molecular formula is C33H25NO2. The summed E-state index contributed by atoms with van der Waals surface area (Å²) < 4.78 is 5.13. The van der Waals surface area contributed by atoms with Gasteiger partial charge in [0.1, 0.15) is 5.75 Å². The largest absolute Gasteiger partial charge is 0.423 e. The molecule has 5 rings (SSSR count). The van der Waals surface area contributed by atoms with E-state index in [0.717, 1.165) is 28.6 Å². The highest BCUT2D eigenvalue weighted by molar-refractivity contribution is 5.91. The lowest BCUT2D eigenvalue weighted by Crippen LogP contribution is -2.09. The van der Waals surface area contributed by atoms with E-state index in [1.54, 1.807) is 12.1 Å². The molecule has 4 aromatic carbocycles. The topological polar surface area (TPSA) is 29.5 Å². The molecule has 1 aliphatic rings. The molecule has 0 N–H and O–H groups in total. The van der Waals surface area contributed by atoms with Crippen molar-refractivity contribution in [1.29, 1.82) is 0 Å². The quantitative estimate of drug-likeness (QED) is 0.119. The van der Waals surface area contributed by atoms with E-state index in [1.165, 1.54) is 16.7 Å². The van der Waals surface area contributed by atoms with Crippen LogP contribution in [0.15, 0.2) is 128 Å². The maximum atomic E-state index is 11.3. The molecule has 0 saturated heterocycles. The number of benzene rings is 4. The van der Waals surface area contributed by atoms with Gasteiger partial charge in [0.05, 0.1) is 0 Å². The molecular weight excluding hydrogens is 442 g/mol. The van der Waals surface area contributed by atoms with E-state index in [-0.39, 0.29) is 0 Å². The summed E-state index contributed by atoms with van der Waals surface area (Å²) in [7, 11) is 0. The van der Waals surface area contributed by atoms with E-state index in [1.807, 2.05) is 24.3 Å². The SMILES string of the molecule is C=CC(=O)Oc1ccc(C=Cc2ccc(N(C=C3C=Cc4ccccc43)c3ccccc3)cc2)cc1. The second kappa shape index (κ2) is 10.6. The number of hydrogen-bond acceptors (Lipinski definition) is 3. The molecule has 0 spiro atoms. The van der Waals surface area contributed by atoms with Crippen LogP contribution in [-0.2, 0) is 4.79 Å². The Balaban J connectivity index is 1.37. The van der Waals surface area contributed by atoms with Crippen molar-refractivity contribution >= 4 is 41.1 Å². The number of carbonyl (C=O) groups is 1. The lowest BCUT2D eigenvalue weighted by molar-refractivity contribution is -0.128. The fourth-order valence-corrected chi connectivity index (χ4v) is 4.06. The molecule has 36 heavy (non-hydrogen) atoms. The van der Waals surface area contributed by atoms with Crippen molar-refractivity contribution in [2.75, 3.05) is 4.90 Å². The minimum Gasteiger partial charge on any atom is -0.423 e. The van der Waals surface area contributed by atoms with E-state index in [2.05, 4.69) is 109 Å². The molecule has 4 aromatic rings. The number of hydrogen-bond donors (Lipinski definition) is 0. The molecule has 0 aliphatic heterocycles. The van der Waals surface area contributed by atoms with Crippen LogP contribution in [0.5, 0.6) is 5.75 Å². The Labute approximate surface area is 211 Å². The summed E-state index contributed by atoms with van der Waals surface area (Å²) in [5, 5.41) is 0. The smallest absolute Gasteiger partial charge is 0.335 e. The third kappa shape index (κ3) is 5.26. The number of allylic oxidation sites excluding steroid dienone is 2. The molecule has 0 saturated carbocycles. The maximum absolute atomic E-state index is 11.3. The maximum Gasteiger partial charge on any atom is 0.335 e. The van der Waals surface area contributed by atoms with Gasteiger partial charge in [0.2, 0.25) is 0 Å². The number of nitrogens with zero attached hydrogens (tertiary/aromatic N) is 1. The molecule has 0 fully saturated rings. The third-order valence-corrected chi connectivity index (χ3v) is 5.92. The van der Waals surface area contributed by atoms with E-state index in [0.29, 0.717) is 5.75 Å². The molecule has 174 valence electrons. The van der Waals surface area contributed by atoms with Crippen molar-refractivity contribution in [2.45, 2.75) is 0 Å². The first-order chi connectivity index (χ1) is 17.7. The summed E-state index contributed by atoms with van der Waals surface area (Å²) >= 11 is 0. The molecule has 3 nitrogen and oxygen atoms in total. The summed E-state index contributed by atoms with van der Waals surface area (Å²) in [5.74, 6) is 0.0305. The standard InChI is InChI=1S/C33H25NO2/c1-2-33(35)36-31-22-16-26(17-23-31)13-12-25-14-20-30(21-15-25)34(29-9-4-3-5-10-29)24-28-19-18-27-8-6-7-11-32(27)28/h2-24H,1H2. The number of carbonyl (C=O) groups excluding carboxylic acids is 1. The molecule has 3 heteroatoms. The van der Waals surface area contributed by atoms with Gasteiger partial charge in [-0.1, -0.05) is 97.6 Å². The highest BCUT2D eigenvalue weighted by atomic mass is 16.5. The molecule has 0 radical (unpaired) electrons. The molecule has 1 aliphatic carbocycles. The van der Waals surface area contributed by atoms with Gasteiger partial charge in [-0.25, -0.2) is 4.79 Å². The Hall–Kier alpha value is -4.89. The van der Waals surface area contributed by atoms with Crippen LogP contribution in [0.1, 0.15) is 22.3 Å². The Kier molecular flexibility index (Phi) is 6.72. The first-order valence-electron chi connectivity index (χ1n) is 11.8. The fourth-order valence-electron chi connectivity index (χ4n) is 4.06. The Morgan fingerprint density at radius 3 is 2.00 bits per heavy atom. The van der Waals surface area contributed by atoms with E-state index >= 15 is 0 Å². The lowest BCUT2D eigenvalue weighted by Gasteiger charge is -2.22. The van der Waals surface area contributed by atoms with Crippen molar-refractivity contribution in [3.63, 3.8) is 0 Å². The first kappa shape index (κ1) is 22.9. The zero-order chi connectivity index (χ0) is 24.7. The minimum absolute atomic E-state index is 0.466. The highest BCUT2D eigenvalue weighted by Gasteiger charge is 2.13. The average molecular weight is 468 g/mol. The molecule has 0 bridgehead atoms. The summed E-state index contributed by atoms with van der Waals surface area (Å²) in [6.45, 7) is 3.41. The van der Waals surface area contributed by atoms with Crippen molar-refractivity contribution < 1.29 is 9.53 Å². The Morgan fingerprint density at radius 2 is 1.31 bits per heavy atom. The zero-order valence-electron chi connectivity index (χ0n) is 19.7. The number of rotatable bonds is 7. The molecule has 0 aromatic heterocycles. The third-order valence-electron chi connectivity index (χ3n) is 5.92. The molecule has 0 heterocycles. The van der Waals surface area contributed by atoms with Crippen LogP contribution in [-0.4, -0.2) is 5.97 Å². The van der Waals surface area contributed by atoms with Crippen molar-refractivity contribution in [2.24, 2.45) is 0 Å². The predicted molar refractivity (Wildman–Crippen MR) is 150 cm³/mol. The van der Waals surface area contributed by atoms with Gasteiger partial charge in [0, 0.05) is 23.7 Å². The van der Waals surface area contributed by atoms with Crippen molar-refractivity contribution in [3.05, 3.63) is 150 Å². The van der Waals surface area contributed by atoms with E-state index in [4.69, 9.17) is 4.74 Å². The van der Waals surface area contributed by atoms with Gasteiger partial charge in [0.15, 0.2) is 0 Å². The van der Waals surface area contributed by atoms with Gasteiger partial charge < -0.3 is 9.64 Å². The summed E-state index contributed by atoms with van der Waals surface area (Å²) in [6.07, 6.45) is 11.8. The van der Waals surface area contributed by atoms with Crippen LogP contribution in [0.25, 0.3) is 23.8 Å². The second-order valence-corrected chi connectivity index (χ2v) is 8.33. The van der Waals surface area contributed by atoms with Crippen LogP contribution >= 0.6 is 0 Å². The van der Waals surface area contributed by atoms with Crippen LogP contribution in [0.2, 0.25) is 0 Å². The zero-order valence-corrected chi connectivity index (χ0v) is 19.7. The van der Waals surface area contributed by atoms with Gasteiger partial charge >= 0.3 is 5.97 Å². The number of esters is 1. The predicted octanol–water partition coefficient (Wildman–Crippen LogP) is 8.15. The average Bonchev–Trinajstić information content (AvgIpc) is 3.35. The van der Waals surface area contributed by atoms with Gasteiger partial charge in [-0.2, -0.15) is 0 Å². The number of anilines is 2. The van der Waals surface area contributed by atoms with Gasteiger partial charge in [-0.05, 0) is 64.2 Å². The Morgan fingerprint density at radius 1 is 0.694 bits per heavy atom. The van der Waals surface area contributed by atoms with Crippen LogP contribution in [0, 0.1) is 0 Å². The summed E-state index contributed by atoms with van der Waals surface area (Å²) in [6, 6.07) is 34.7. The molecule has 0 amide bonds. The number of ether oxygens (including phenoxy) is 1. The Bertz CT molecular complexity index is 1460. The van der Waals surface area contributed by atoms with Crippen LogP contribution in [0.4, 0.5) is 11.4 Å². The normalized spacial score (nSPS) is 13.1. The first-order valence-corrected chi connectivity index (χ1v) is 11.8. The van der Waals surface area contributed by atoms with Crippen LogP contribution < -0.4 is 9.64 Å². The monoisotopic (exact) mass is 467 g/mol. The molecule has 0 atom stereocenters. The molecule has 0 unspecified atom stereocenters. The number of para-hydroxylation sites is 1. The van der Waals surface area contributed by atoms with E-state index < -0.39 is 5.97 Å². The summed E-state index contributed by atoms with van der Waals surface area (Å²) in [5.41, 5.74) is 7.95. The van der Waals surface area contributed by atoms with Crippen molar-refractivity contribution in [1.82, 2.24) is 0 Å². The highest BCUT2D eigenvalue weighted by Crippen LogP contribution is 2.33. The van der Waals surface area contributed by atoms with Gasteiger partial charge in [0.25, 0.3) is 0 Å². The minimum atomic E-state index is -0.466. The fraction of sp³-hybridized carbons (Fsp3) is 0. The van der Waals surface area contributed by atoms with E-state index in [9.17, 15) is 4.79 Å². The lowest BCUT2D eigenvalue weighted by atomic mass is 10.1. The number of fused-ring (bicyclic) bond motifs is 1. The summed E-state index contributed by atoms with van der Waals surface area (Å²) in [4.78, 5) is 13.5. The van der Waals surface area contributed by atoms with Gasteiger partial charge in [-0.3, -0.25) is 0 Å². The van der Waals surface area contributed by atoms with Crippen LogP contribution in [0.3, 0.4) is 0 Å². The second-order valence-electron chi connectivity index (χ2n) is 8.33. The van der Waals surface area contributed by atoms with Gasteiger partial charge in [-0.15, -0.1) is 0 Å². The van der Waals surface area contributed by atoms with Crippen molar-refractivity contribution in [3.8, 4) is 5.75 Å².